The van der Waals surface area contributed by atoms with Crippen molar-refractivity contribution in [2.24, 2.45) is 11.8 Å². The molecular formula is C22H27ClGeO. The molecule has 0 fully saturated rings. The third kappa shape index (κ3) is 4.21. The summed E-state index contributed by atoms with van der Waals surface area (Å²) in [6.45, 7) is 4.35. The van der Waals surface area contributed by atoms with Crippen LogP contribution in [0.4, 0.5) is 0 Å². The average Bonchev–Trinajstić information content (AvgIpc) is 2.65. The van der Waals surface area contributed by atoms with Gasteiger partial charge in [0.05, 0.1) is 0 Å². The SMILES string of the molecule is CC1=CCC(C(C)[CH2][Ge]([Cl])([c]2ccccc2)[c]2ccccc2)CC1O. The first-order valence-corrected chi connectivity index (χ1v) is 15.5. The van der Waals surface area contributed by atoms with Crippen LogP contribution in [0.3, 0.4) is 0 Å². The predicted molar refractivity (Wildman–Crippen MR) is 110 cm³/mol. The Balaban J connectivity index is 1.89. The molecule has 0 radical (unpaired) electrons. The summed E-state index contributed by atoms with van der Waals surface area (Å²) >= 11 is -2.94. The van der Waals surface area contributed by atoms with Crippen LogP contribution in [0.15, 0.2) is 72.3 Å². The minimum absolute atomic E-state index is 0.285. The summed E-state index contributed by atoms with van der Waals surface area (Å²) in [5.41, 5.74) is 1.12. The quantitative estimate of drug-likeness (QED) is 0.569. The van der Waals surface area contributed by atoms with E-state index in [-0.39, 0.29) is 6.10 Å². The van der Waals surface area contributed by atoms with Crippen molar-refractivity contribution in [2.45, 2.75) is 38.0 Å². The Bertz CT molecular complexity index is 674. The number of hydrogen-bond donors (Lipinski definition) is 1. The Hall–Kier alpha value is -1.03. The van der Waals surface area contributed by atoms with Gasteiger partial charge in [0.2, 0.25) is 0 Å². The van der Waals surface area contributed by atoms with Crippen LogP contribution in [0.1, 0.15) is 26.7 Å². The van der Waals surface area contributed by atoms with Gasteiger partial charge in [-0.15, -0.1) is 0 Å². The molecule has 25 heavy (non-hydrogen) atoms. The van der Waals surface area contributed by atoms with Crippen LogP contribution < -0.4 is 8.79 Å². The van der Waals surface area contributed by atoms with E-state index in [1.165, 1.54) is 8.79 Å². The van der Waals surface area contributed by atoms with Crippen LogP contribution in [0, 0.1) is 11.8 Å². The van der Waals surface area contributed by atoms with Crippen molar-refractivity contribution < 1.29 is 5.11 Å². The van der Waals surface area contributed by atoms with Crippen molar-refractivity contribution in [3.05, 3.63) is 72.3 Å². The molecule has 2 aromatic carbocycles. The molecule has 0 amide bonds. The van der Waals surface area contributed by atoms with Crippen molar-refractivity contribution in [3.8, 4) is 0 Å². The number of aliphatic hydroxyl groups excluding tert-OH is 1. The van der Waals surface area contributed by atoms with Crippen molar-refractivity contribution in [1.29, 1.82) is 0 Å². The molecule has 0 heterocycles. The molecule has 0 saturated carbocycles. The zero-order valence-electron chi connectivity index (χ0n) is 15.0. The van der Waals surface area contributed by atoms with Gasteiger partial charge >= 0.3 is 158 Å². The molecule has 0 spiro atoms. The molecule has 0 aliphatic heterocycles. The van der Waals surface area contributed by atoms with Gasteiger partial charge < -0.3 is 0 Å². The molecule has 3 rings (SSSR count). The van der Waals surface area contributed by atoms with Crippen LogP contribution in [0.2, 0.25) is 5.25 Å². The normalized spacial score (nSPS) is 22.3. The van der Waals surface area contributed by atoms with Crippen LogP contribution in [-0.2, 0) is 0 Å². The first-order chi connectivity index (χ1) is 12.0. The van der Waals surface area contributed by atoms with Gasteiger partial charge in [-0.05, 0) is 0 Å². The second kappa shape index (κ2) is 8.11. The molecular weight excluding hydrogens is 388 g/mol. The molecule has 3 unspecified atom stereocenters. The summed E-state index contributed by atoms with van der Waals surface area (Å²) in [5.74, 6) is 1.01. The van der Waals surface area contributed by atoms with E-state index in [0.717, 1.165) is 23.7 Å². The van der Waals surface area contributed by atoms with E-state index in [4.69, 9.17) is 10.0 Å². The Kier molecular flexibility index (Phi) is 6.09. The molecule has 0 saturated heterocycles. The molecule has 3 atom stereocenters. The minimum atomic E-state index is -2.94. The summed E-state index contributed by atoms with van der Waals surface area (Å²) < 4.78 is 2.65. The number of rotatable bonds is 5. The van der Waals surface area contributed by atoms with Gasteiger partial charge in [0, 0.05) is 0 Å². The Morgan fingerprint density at radius 1 is 1.04 bits per heavy atom. The van der Waals surface area contributed by atoms with Crippen LogP contribution >= 0.6 is 10.0 Å². The fraction of sp³-hybridized carbons (Fsp3) is 0.364. The Morgan fingerprint density at radius 2 is 1.56 bits per heavy atom. The molecule has 0 aromatic heterocycles. The number of benzene rings is 2. The molecule has 132 valence electrons. The maximum absolute atomic E-state index is 10.2. The third-order valence-corrected chi connectivity index (χ3v) is 16.5. The summed E-state index contributed by atoms with van der Waals surface area (Å²) in [6, 6.07) is 21.3. The van der Waals surface area contributed by atoms with Crippen molar-refractivity contribution in [3.63, 3.8) is 0 Å². The zero-order chi connectivity index (χ0) is 17.9. The second-order valence-corrected chi connectivity index (χ2v) is 17.4. The van der Waals surface area contributed by atoms with Gasteiger partial charge in [0.25, 0.3) is 0 Å². The number of halogens is 1. The summed E-state index contributed by atoms with van der Waals surface area (Å²) in [5, 5.41) is 11.3. The van der Waals surface area contributed by atoms with Crippen LogP contribution in [0.25, 0.3) is 0 Å². The van der Waals surface area contributed by atoms with E-state index in [1.807, 2.05) is 6.92 Å². The molecule has 2 aromatic rings. The van der Waals surface area contributed by atoms with E-state index < -0.39 is 12.3 Å². The first-order valence-electron chi connectivity index (χ1n) is 9.15. The second-order valence-electron chi connectivity index (χ2n) is 7.41. The standard InChI is InChI=1S/C22H27ClGeO/c1-17-13-14-19(15-22(17)25)18(2)16-24(23,20-9-5-3-6-10-20)21-11-7-4-8-12-21/h3-13,18-19,22,25H,14-16H2,1-2H3. The first kappa shape index (κ1) is 18.8. The van der Waals surface area contributed by atoms with Gasteiger partial charge in [0.15, 0.2) is 0 Å². The maximum atomic E-state index is 10.2. The molecule has 1 nitrogen and oxygen atoms in total. The summed E-state index contributed by atoms with van der Waals surface area (Å²) in [4.78, 5) is 0. The molecule has 1 N–H and O–H groups in total. The number of aliphatic hydroxyl groups is 1. The predicted octanol–water partition coefficient (Wildman–Crippen LogP) is 4.34. The van der Waals surface area contributed by atoms with Crippen molar-refractivity contribution in [1.82, 2.24) is 0 Å². The van der Waals surface area contributed by atoms with Crippen LogP contribution in [0.5, 0.6) is 0 Å². The number of allylic oxidation sites excluding steroid dienone is 1. The van der Waals surface area contributed by atoms with Gasteiger partial charge in [-0.25, -0.2) is 0 Å². The number of hydrogen-bond acceptors (Lipinski definition) is 1. The molecule has 1 aliphatic rings. The van der Waals surface area contributed by atoms with E-state index in [0.29, 0.717) is 11.8 Å². The Labute approximate surface area is 158 Å². The van der Waals surface area contributed by atoms with E-state index in [9.17, 15) is 5.11 Å². The van der Waals surface area contributed by atoms with E-state index in [2.05, 4.69) is 73.7 Å². The summed E-state index contributed by atoms with van der Waals surface area (Å²) in [7, 11) is 7.48. The van der Waals surface area contributed by atoms with Crippen molar-refractivity contribution >= 4 is 31.1 Å². The fourth-order valence-electron chi connectivity index (χ4n) is 3.92. The Morgan fingerprint density at radius 3 is 2.04 bits per heavy atom. The van der Waals surface area contributed by atoms with Crippen LogP contribution in [-0.4, -0.2) is 23.5 Å². The molecule has 0 bridgehead atoms. The van der Waals surface area contributed by atoms with Gasteiger partial charge in [-0.3, -0.25) is 0 Å². The zero-order valence-corrected chi connectivity index (χ0v) is 17.9. The molecule has 3 heteroatoms. The van der Waals surface area contributed by atoms with Gasteiger partial charge in [-0.2, -0.15) is 0 Å². The summed E-state index contributed by atoms with van der Waals surface area (Å²) in [6.07, 6.45) is 3.85. The average molecular weight is 416 g/mol. The van der Waals surface area contributed by atoms with Gasteiger partial charge in [0.1, 0.15) is 0 Å². The fourth-order valence-corrected chi connectivity index (χ4v) is 13.8. The molecule has 1 aliphatic carbocycles. The third-order valence-electron chi connectivity index (χ3n) is 5.66. The van der Waals surface area contributed by atoms with E-state index in [1.54, 1.807) is 0 Å². The van der Waals surface area contributed by atoms with Gasteiger partial charge in [-0.1, -0.05) is 0 Å². The topological polar surface area (TPSA) is 20.2 Å². The van der Waals surface area contributed by atoms with E-state index >= 15 is 0 Å². The monoisotopic (exact) mass is 416 g/mol. The van der Waals surface area contributed by atoms with Crippen molar-refractivity contribution in [2.75, 3.05) is 0 Å².